The first-order valence-electron chi connectivity index (χ1n) is 5.38. The number of carbonyl (C=O) groups excluding carboxylic acids is 1. The Morgan fingerprint density at radius 1 is 1.47 bits per heavy atom. The van der Waals surface area contributed by atoms with Gasteiger partial charge in [0, 0.05) is 6.07 Å². The maximum atomic E-state index is 11.5. The van der Waals surface area contributed by atoms with Gasteiger partial charge in [-0.1, -0.05) is 11.6 Å². The smallest absolute Gasteiger partial charge is 0.339 e. The van der Waals surface area contributed by atoms with Crippen molar-refractivity contribution < 1.29 is 14.3 Å². The maximum Gasteiger partial charge on any atom is 0.339 e. The molecular formula is C12H16ClNO3. The zero-order chi connectivity index (χ0) is 13.0. The molecule has 0 aromatic heterocycles. The van der Waals surface area contributed by atoms with Crippen LogP contribution in [0.5, 0.6) is 5.75 Å². The topological polar surface area (TPSA) is 61.5 Å². The summed E-state index contributed by atoms with van der Waals surface area (Å²) in [5.41, 5.74) is 6.40. The average Bonchev–Trinajstić information content (AvgIpc) is 2.22. The lowest BCUT2D eigenvalue weighted by molar-refractivity contribution is 0.0526. The standard InChI is InChI=1S/C12H16ClNO3/c1-4-16-12(15)8-5-10(14)11(6-9(8)13)17-7(2)3/h5-7H,4,14H2,1-3H3. The van der Waals surface area contributed by atoms with E-state index < -0.39 is 5.97 Å². The summed E-state index contributed by atoms with van der Waals surface area (Å²) < 4.78 is 10.3. The molecule has 0 fully saturated rings. The van der Waals surface area contributed by atoms with Gasteiger partial charge in [-0.15, -0.1) is 0 Å². The van der Waals surface area contributed by atoms with E-state index in [2.05, 4.69) is 0 Å². The second-order valence-corrected chi connectivity index (χ2v) is 4.16. The fraction of sp³-hybridized carbons (Fsp3) is 0.417. The molecule has 0 heterocycles. The van der Waals surface area contributed by atoms with Gasteiger partial charge < -0.3 is 15.2 Å². The molecule has 0 aliphatic heterocycles. The summed E-state index contributed by atoms with van der Waals surface area (Å²) in [6, 6.07) is 3.00. The van der Waals surface area contributed by atoms with Crippen LogP contribution in [-0.2, 0) is 4.74 Å². The lowest BCUT2D eigenvalue weighted by Crippen LogP contribution is -2.10. The number of ether oxygens (including phenoxy) is 2. The zero-order valence-electron chi connectivity index (χ0n) is 10.1. The third-order valence-corrected chi connectivity index (χ3v) is 2.27. The molecule has 0 amide bonds. The van der Waals surface area contributed by atoms with Crippen LogP contribution in [0.4, 0.5) is 5.69 Å². The number of benzene rings is 1. The van der Waals surface area contributed by atoms with E-state index >= 15 is 0 Å². The monoisotopic (exact) mass is 257 g/mol. The third-order valence-electron chi connectivity index (χ3n) is 1.96. The Labute approximate surface area is 106 Å². The van der Waals surface area contributed by atoms with Crippen molar-refractivity contribution in [2.24, 2.45) is 0 Å². The number of halogens is 1. The molecule has 5 heteroatoms. The van der Waals surface area contributed by atoms with Gasteiger partial charge in [-0.25, -0.2) is 4.79 Å². The molecule has 0 radical (unpaired) electrons. The molecule has 0 saturated carbocycles. The van der Waals surface area contributed by atoms with Gasteiger partial charge in [0.05, 0.1) is 29.0 Å². The minimum Gasteiger partial charge on any atom is -0.489 e. The van der Waals surface area contributed by atoms with Crippen LogP contribution in [0.1, 0.15) is 31.1 Å². The van der Waals surface area contributed by atoms with Gasteiger partial charge >= 0.3 is 5.97 Å². The summed E-state index contributed by atoms with van der Waals surface area (Å²) in [7, 11) is 0. The average molecular weight is 258 g/mol. The Balaban J connectivity index is 3.04. The summed E-state index contributed by atoms with van der Waals surface area (Å²) in [5.74, 6) is -0.0154. The van der Waals surface area contributed by atoms with Gasteiger partial charge in [-0.3, -0.25) is 0 Å². The van der Waals surface area contributed by atoms with Gasteiger partial charge in [-0.2, -0.15) is 0 Å². The number of hydrogen-bond acceptors (Lipinski definition) is 4. The largest absolute Gasteiger partial charge is 0.489 e. The molecule has 0 unspecified atom stereocenters. The van der Waals surface area contributed by atoms with E-state index in [9.17, 15) is 4.79 Å². The van der Waals surface area contributed by atoms with Gasteiger partial charge in [0.15, 0.2) is 0 Å². The molecule has 0 saturated heterocycles. The van der Waals surface area contributed by atoms with Crippen molar-refractivity contribution >= 4 is 23.3 Å². The molecule has 94 valence electrons. The van der Waals surface area contributed by atoms with Crippen LogP contribution in [-0.4, -0.2) is 18.7 Å². The zero-order valence-corrected chi connectivity index (χ0v) is 10.9. The molecule has 17 heavy (non-hydrogen) atoms. The Hall–Kier alpha value is -1.42. The van der Waals surface area contributed by atoms with Crippen LogP contribution in [0.15, 0.2) is 12.1 Å². The van der Waals surface area contributed by atoms with E-state index in [1.165, 1.54) is 12.1 Å². The number of anilines is 1. The van der Waals surface area contributed by atoms with Crippen molar-refractivity contribution in [1.82, 2.24) is 0 Å². The van der Waals surface area contributed by atoms with E-state index in [4.69, 9.17) is 26.8 Å². The lowest BCUT2D eigenvalue weighted by Gasteiger charge is -2.14. The number of nitrogen functional groups attached to an aromatic ring is 1. The van der Waals surface area contributed by atoms with Crippen LogP contribution in [0, 0.1) is 0 Å². The molecule has 0 aliphatic carbocycles. The third kappa shape index (κ3) is 3.53. The number of esters is 1. The molecule has 0 aliphatic rings. The van der Waals surface area contributed by atoms with E-state index in [-0.39, 0.29) is 16.7 Å². The summed E-state index contributed by atoms with van der Waals surface area (Å²) >= 11 is 5.98. The molecule has 0 bridgehead atoms. The second kappa shape index (κ2) is 5.77. The van der Waals surface area contributed by atoms with Gasteiger partial charge in [0.25, 0.3) is 0 Å². The maximum absolute atomic E-state index is 11.5. The summed E-state index contributed by atoms with van der Waals surface area (Å²) in [6.45, 7) is 5.78. The van der Waals surface area contributed by atoms with Crippen molar-refractivity contribution in [2.45, 2.75) is 26.9 Å². The normalized spacial score (nSPS) is 10.4. The number of hydrogen-bond donors (Lipinski definition) is 1. The van der Waals surface area contributed by atoms with Crippen LogP contribution in [0.2, 0.25) is 5.02 Å². The number of carbonyl (C=O) groups is 1. The highest BCUT2D eigenvalue weighted by atomic mass is 35.5. The van der Waals surface area contributed by atoms with Gasteiger partial charge in [0.1, 0.15) is 5.75 Å². The highest BCUT2D eigenvalue weighted by molar-refractivity contribution is 6.33. The predicted molar refractivity (Wildman–Crippen MR) is 67.6 cm³/mol. The van der Waals surface area contributed by atoms with Crippen LogP contribution >= 0.6 is 11.6 Å². The molecule has 2 N–H and O–H groups in total. The minimum atomic E-state index is -0.486. The minimum absolute atomic E-state index is 0.0122. The number of nitrogens with two attached hydrogens (primary N) is 1. The van der Waals surface area contributed by atoms with Crippen molar-refractivity contribution in [3.8, 4) is 5.75 Å². The fourth-order valence-electron chi connectivity index (χ4n) is 1.29. The molecule has 1 rings (SSSR count). The van der Waals surface area contributed by atoms with Gasteiger partial charge in [0.2, 0.25) is 0 Å². The highest BCUT2D eigenvalue weighted by Gasteiger charge is 2.15. The fourth-order valence-corrected chi connectivity index (χ4v) is 1.52. The second-order valence-electron chi connectivity index (χ2n) is 3.76. The Kier molecular flexibility index (Phi) is 4.63. The summed E-state index contributed by atoms with van der Waals surface area (Å²) in [5, 5.41) is 0.272. The lowest BCUT2D eigenvalue weighted by atomic mass is 10.2. The Bertz CT molecular complexity index is 418. The van der Waals surface area contributed by atoms with Crippen molar-refractivity contribution in [3.63, 3.8) is 0 Å². The van der Waals surface area contributed by atoms with E-state index in [0.717, 1.165) is 0 Å². The molecule has 0 atom stereocenters. The van der Waals surface area contributed by atoms with Crippen molar-refractivity contribution in [3.05, 3.63) is 22.7 Å². The SMILES string of the molecule is CCOC(=O)c1cc(N)c(OC(C)C)cc1Cl. The summed E-state index contributed by atoms with van der Waals surface area (Å²) in [4.78, 5) is 11.5. The van der Waals surface area contributed by atoms with Gasteiger partial charge in [-0.05, 0) is 26.8 Å². The van der Waals surface area contributed by atoms with E-state index in [1.54, 1.807) is 6.92 Å². The van der Waals surface area contributed by atoms with E-state index in [0.29, 0.717) is 18.0 Å². The van der Waals surface area contributed by atoms with Crippen LogP contribution in [0.25, 0.3) is 0 Å². The van der Waals surface area contributed by atoms with E-state index in [1.807, 2.05) is 13.8 Å². The molecule has 1 aromatic rings. The van der Waals surface area contributed by atoms with Crippen molar-refractivity contribution in [2.75, 3.05) is 12.3 Å². The molecule has 4 nitrogen and oxygen atoms in total. The molecule has 0 spiro atoms. The Morgan fingerprint density at radius 2 is 2.12 bits per heavy atom. The molecular weight excluding hydrogens is 242 g/mol. The van der Waals surface area contributed by atoms with Crippen LogP contribution in [0.3, 0.4) is 0 Å². The first-order valence-corrected chi connectivity index (χ1v) is 5.76. The Morgan fingerprint density at radius 3 is 2.65 bits per heavy atom. The first-order chi connectivity index (χ1) is 7.95. The highest BCUT2D eigenvalue weighted by Crippen LogP contribution is 2.30. The summed E-state index contributed by atoms with van der Waals surface area (Å²) in [6.07, 6.45) is -0.0122. The predicted octanol–water partition coefficient (Wildman–Crippen LogP) is 2.89. The first kappa shape index (κ1) is 13.6. The number of rotatable bonds is 4. The molecule has 1 aromatic carbocycles. The van der Waals surface area contributed by atoms with Crippen LogP contribution < -0.4 is 10.5 Å². The van der Waals surface area contributed by atoms with Crippen molar-refractivity contribution in [1.29, 1.82) is 0 Å². The quantitative estimate of drug-likeness (QED) is 0.666.